The fourth-order valence-electron chi connectivity index (χ4n) is 1.59. The number of hydrogen-bond acceptors (Lipinski definition) is 1. The number of rotatable bonds is 1. The molecule has 2 N–H and O–H groups in total. The van der Waals surface area contributed by atoms with Crippen LogP contribution >= 0.6 is 15.9 Å². The summed E-state index contributed by atoms with van der Waals surface area (Å²) in [4.78, 5) is 0. The number of nitrogens with two attached hydrogens (primary N) is 1. The van der Waals surface area contributed by atoms with Gasteiger partial charge < -0.3 is 5.73 Å². The first-order chi connectivity index (χ1) is 6.22. The van der Waals surface area contributed by atoms with E-state index in [9.17, 15) is 4.39 Å². The molecule has 3 heteroatoms. The smallest absolute Gasteiger partial charge is 0.137 e. The summed E-state index contributed by atoms with van der Waals surface area (Å²) in [6.45, 7) is 0.519. The van der Waals surface area contributed by atoms with E-state index in [-0.39, 0.29) is 5.82 Å². The lowest BCUT2D eigenvalue weighted by molar-refractivity contribution is 0.619. The zero-order chi connectivity index (χ0) is 9.42. The Morgan fingerprint density at radius 2 is 2.23 bits per heavy atom. The van der Waals surface area contributed by atoms with Crippen LogP contribution in [0.2, 0.25) is 0 Å². The molecule has 0 saturated carbocycles. The lowest BCUT2D eigenvalue weighted by Gasteiger charge is -2.04. The zero-order valence-electron chi connectivity index (χ0n) is 6.98. The van der Waals surface area contributed by atoms with E-state index in [4.69, 9.17) is 5.73 Å². The highest BCUT2D eigenvalue weighted by Gasteiger charge is 2.15. The van der Waals surface area contributed by atoms with Crippen LogP contribution in [0.4, 0.5) is 4.39 Å². The lowest BCUT2D eigenvalue weighted by atomic mass is 10.1. The lowest BCUT2D eigenvalue weighted by Crippen LogP contribution is -2.01. The van der Waals surface area contributed by atoms with Crippen LogP contribution in [0.15, 0.2) is 22.7 Å². The van der Waals surface area contributed by atoms with Gasteiger partial charge in [0.1, 0.15) is 5.82 Å². The molecule has 0 radical (unpaired) electrons. The van der Waals surface area contributed by atoms with E-state index in [0.29, 0.717) is 11.0 Å². The molecule has 68 valence electrons. The quantitative estimate of drug-likeness (QED) is 0.804. The Bertz CT molecular complexity index is 385. The third-order valence-corrected chi connectivity index (χ3v) is 2.89. The van der Waals surface area contributed by atoms with Gasteiger partial charge in [-0.15, -0.1) is 0 Å². The van der Waals surface area contributed by atoms with Crippen molar-refractivity contribution < 1.29 is 4.39 Å². The van der Waals surface area contributed by atoms with Gasteiger partial charge in [0.25, 0.3) is 0 Å². The summed E-state index contributed by atoms with van der Waals surface area (Å²) >= 11 is 3.16. The molecular formula is C10H9BrFN. The topological polar surface area (TPSA) is 26.0 Å². The average molecular weight is 242 g/mol. The minimum absolute atomic E-state index is 0.203. The van der Waals surface area contributed by atoms with E-state index < -0.39 is 0 Å². The normalized spacial score (nSPS) is 14.2. The van der Waals surface area contributed by atoms with Crippen molar-refractivity contribution in [2.24, 2.45) is 5.73 Å². The first-order valence-corrected chi connectivity index (χ1v) is 4.89. The molecule has 0 amide bonds. The molecule has 0 bridgehead atoms. The minimum atomic E-state index is -0.203. The van der Waals surface area contributed by atoms with Crippen molar-refractivity contribution in [3.8, 4) is 0 Å². The second kappa shape index (κ2) is 3.24. The molecule has 0 unspecified atom stereocenters. The van der Waals surface area contributed by atoms with Gasteiger partial charge in [0.05, 0.1) is 4.47 Å². The van der Waals surface area contributed by atoms with Gasteiger partial charge in [-0.25, -0.2) is 4.39 Å². The monoisotopic (exact) mass is 241 g/mol. The Morgan fingerprint density at radius 1 is 1.46 bits per heavy atom. The fraction of sp³-hybridized carbons (Fsp3) is 0.200. The molecule has 13 heavy (non-hydrogen) atoms. The van der Waals surface area contributed by atoms with E-state index >= 15 is 0 Å². The first-order valence-electron chi connectivity index (χ1n) is 4.09. The third-order valence-electron chi connectivity index (χ3n) is 2.28. The SMILES string of the molecule is NCC1=CCc2cc(F)c(Br)cc21. The van der Waals surface area contributed by atoms with Gasteiger partial charge in [-0.3, -0.25) is 0 Å². The predicted molar refractivity (Wildman–Crippen MR) is 54.8 cm³/mol. The number of allylic oxidation sites excluding steroid dienone is 1. The van der Waals surface area contributed by atoms with Gasteiger partial charge in [-0.05, 0) is 51.2 Å². The maximum atomic E-state index is 13.1. The summed E-state index contributed by atoms with van der Waals surface area (Å²) < 4.78 is 13.6. The number of fused-ring (bicyclic) bond motifs is 1. The molecular weight excluding hydrogens is 233 g/mol. The zero-order valence-corrected chi connectivity index (χ0v) is 8.57. The van der Waals surface area contributed by atoms with Crippen LogP contribution in [0.3, 0.4) is 0 Å². The van der Waals surface area contributed by atoms with Crippen molar-refractivity contribution in [1.29, 1.82) is 0 Å². The van der Waals surface area contributed by atoms with Crippen molar-refractivity contribution in [1.82, 2.24) is 0 Å². The largest absolute Gasteiger partial charge is 0.326 e. The molecule has 0 atom stereocenters. The van der Waals surface area contributed by atoms with Crippen LogP contribution in [-0.2, 0) is 6.42 Å². The molecule has 1 nitrogen and oxygen atoms in total. The summed E-state index contributed by atoms with van der Waals surface area (Å²) in [6.07, 6.45) is 2.85. The molecule has 1 aliphatic carbocycles. The van der Waals surface area contributed by atoms with Crippen LogP contribution in [0.5, 0.6) is 0 Å². The van der Waals surface area contributed by atoms with Crippen molar-refractivity contribution in [2.75, 3.05) is 6.54 Å². The van der Waals surface area contributed by atoms with Gasteiger partial charge >= 0.3 is 0 Å². The summed E-state index contributed by atoms with van der Waals surface area (Å²) in [7, 11) is 0. The molecule has 0 spiro atoms. The van der Waals surface area contributed by atoms with Gasteiger partial charge in [-0.1, -0.05) is 6.08 Å². The van der Waals surface area contributed by atoms with E-state index in [2.05, 4.69) is 22.0 Å². The molecule has 1 aromatic rings. The maximum Gasteiger partial charge on any atom is 0.137 e. The Kier molecular flexibility index (Phi) is 2.22. The van der Waals surface area contributed by atoms with Crippen molar-refractivity contribution >= 4 is 21.5 Å². The van der Waals surface area contributed by atoms with Crippen LogP contribution in [0.1, 0.15) is 11.1 Å². The molecule has 1 aliphatic rings. The second-order valence-corrected chi connectivity index (χ2v) is 3.92. The Labute approximate surface area is 84.6 Å². The van der Waals surface area contributed by atoms with Crippen molar-refractivity contribution in [3.63, 3.8) is 0 Å². The number of hydrogen-bond donors (Lipinski definition) is 1. The van der Waals surface area contributed by atoms with Gasteiger partial charge in [0, 0.05) is 6.54 Å². The average Bonchev–Trinajstić information content (AvgIpc) is 2.48. The van der Waals surface area contributed by atoms with Gasteiger partial charge in [0.2, 0.25) is 0 Å². The highest BCUT2D eigenvalue weighted by molar-refractivity contribution is 9.10. The standard InChI is InChI=1S/C10H9BrFN/c11-9-4-8-6(3-10(9)12)1-2-7(8)5-13/h2-4H,1,5,13H2. The van der Waals surface area contributed by atoms with Crippen LogP contribution < -0.4 is 5.73 Å². The van der Waals surface area contributed by atoms with E-state index in [1.807, 2.05) is 0 Å². The van der Waals surface area contributed by atoms with Gasteiger partial charge in [-0.2, -0.15) is 0 Å². The second-order valence-electron chi connectivity index (χ2n) is 3.06. The first kappa shape index (κ1) is 8.91. The van der Waals surface area contributed by atoms with Crippen LogP contribution in [-0.4, -0.2) is 6.54 Å². The van der Waals surface area contributed by atoms with E-state index in [1.54, 1.807) is 12.1 Å². The Morgan fingerprint density at radius 3 is 2.92 bits per heavy atom. The van der Waals surface area contributed by atoms with Gasteiger partial charge in [0.15, 0.2) is 0 Å². The molecule has 0 heterocycles. The van der Waals surface area contributed by atoms with Crippen LogP contribution in [0.25, 0.3) is 5.57 Å². The molecule has 0 aromatic heterocycles. The number of halogens is 2. The minimum Gasteiger partial charge on any atom is -0.326 e. The van der Waals surface area contributed by atoms with Crippen LogP contribution in [0, 0.1) is 5.82 Å². The third kappa shape index (κ3) is 1.42. The Balaban J connectivity index is 2.54. The molecule has 0 saturated heterocycles. The summed E-state index contributed by atoms with van der Waals surface area (Å²) in [5, 5.41) is 0. The molecule has 2 rings (SSSR count). The maximum absolute atomic E-state index is 13.1. The van der Waals surface area contributed by atoms with E-state index in [0.717, 1.165) is 23.1 Å². The van der Waals surface area contributed by atoms with E-state index in [1.165, 1.54) is 0 Å². The molecule has 0 aliphatic heterocycles. The predicted octanol–water partition coefficient (Wildman–Crippen LogP) is 2.49. The highest BCUT2D eigenvalue weighted by Crippen LogP contribution is 2.30. The van der Waals surface area contributed by atoms with Crippen molar-refractivity contribution in [2.45, 2.75) is 6.42 Å². The summed E-state index contributed by atoms with van der Waals surface area (Å²) in [5.74, 6) is -0.203. The molecule has 1 aromatic carbocycles. The summed E-state index contributed by atoms with van der Waals surface area (Å²) in [5.41, 5.74) is 8.77. The highest BCUT2D eigenvalue weighted by atomic mass is 79.9. The summed E-state index contributed by atoms with van der Waals surface area (Å²) in [6, 6.07) is 3.37. The van der Waals surface area contributed by atoms with Crippen molar-refractivity contribution in [3.05, 3.63) is 39.6 Å². The fourth-order valence-corrected chi connectivity index (χ4v) is 1.94. The number of benzene rings is 1. The Hall–Kier alpha value is -0.670. The molecule has 0 fully saturated rings.